The van der Waals surface area contributed by atoms with Crippen molar-refractivity contribution < 1.29 is 9.63 Å². The summed E-state index contributed by atoms with van der Waals surface area (Å²) in [6, 6.07) is 12.2. The number of aromatic nitrogens is 3. The highest BCUT2D eigenvalue weighted by Gasteiger charge is 2.11. The molecule has 0 amide bonds. The fourth-order valence-electron chi connectivity index (χ4n) is 1.82. The predicted octanol–water partition coefficient (Wildman–Crippen LogP) is 2.23. The maximum Gasteiger partial charge on any atom is 0.274 e. The summed E-state index contributed by atoms with van der Waals surface area (Å²) < 4.78 is 5.15. The van der Waals surface area contributed by atoms with Crippen molar-refractivity contribution in [2.24, 2.45) is 0 Å². The monoisotopic (exact) mass is 266 g/mol. The lowest BCUT2D eigenvalue weighted by molar-refractivity contribution is 0.423. The number of H-pyrrole nitrogens is 1. The van der Waals surface area contributed by atoms with Gasteiger partial charge in [0.2, 0.25) is 0 Å². The van der Waals surface area contributed by atoms with E-state index >= 15 is 0 Å². The van der Waals surface area contributed by atoms with Gasteiger partial charge in [0.25, 0.3) is 5.89 Å². The number of nitriles is 1. The molecule has 0 spiro atoms. The molecule has 0 saturated carbocycles. The molecule has 1 aromatic carbocycles. The van der Waals surface area contributed by atoms with Gasteiger partial charge in [0.05, 0.1) is 0 Å². The van der Waals surface area contributed by atoms with Crippen molar-refractivity contribution in [1.82, 2.24) is 15.1 Å². The first-order chi connectivity index (χ1) is 9.74. The van der Waals surface area contributed by atoms with Crippen LogP contribution < -0.4 is 0 Å². The number of benzene rings is 1. The van der Waals surface area contributed by atoms with Crippen LogP contribution in [0, 0.1) is 11.3 Å². The van der Waals surface area contributed by atoms with E-state index < -0.39 is 0 Å². The van der Waals surface area contributed by atoms with Crippen LogP contribution in [0.4, 0.5) is 0 Å². The van der Waals surface area contributed by atoms with E-state index in [-0.39, 0.29) is 5.75 Å². The zero-order valence-electron chi connectivity index (χ0n) is 10.4. The van der Waals surface area contributed by atoms with E-state index in [0.717, 1.165) is 5.56 Å². The molecule has 0 saturated heterocycles. The van der Waals surface area contributed by atoms with Gasteiger partial charge >= 0.3 is 0 Å². The summed E-state index contributed by atoms with van der Waals surface area (Å²) in [7, 11) is 0. The molecule has 0 fully saturated rings. The molecule has 0 unspecified atom stereocenters. The van der Waals surface area contributed by atoms with E-state index in [1.165, 1.54) is 0 Å². The molecule has 3 rings (SSSR count). The standard InChI is InChI=1S/C14H10N4O2/c15-8-10-3-6-12(16-10)14-17-13(18-20-14)7-9-1-4-11(19)5-2-9/h1-6,16,19H,7H2. The zero-order valence-corrected chi connectivity index (χ0v) is 10.4. The molecule has 0 aliphatic heterocycles. The third-order valence-corrected chi connectivity index (χ3v) is 2.80. The fraction of sp³-hybridized carbons (Fsp3) is 0.0714. The van der Waals surface area contributed by atoms with E-state index in [1.54, 1.807) is 36.4 Å². The molecule has 2 aromatic heterocycles. The molecule has 2 N–H and O–H groups in total. The van der Waals surface area contributed by atoms with Crippen LogP contribution in [0.5, 0.6) is 5.75 Å². The van der Waals surface area contributed by atoms with E-state index in [0.29, 0.717) is 29.5 Å². The van der Waals surface area contributed by atoms with E-state index in [1.807, 2.05) is 6.07 Å². The molecule has 6 heteroatoms. The number of phenolic OH excluding ortho intramolecular Hbond substituents is 1. The quantitative estimate of drug-likeness (QED) is 0.757. The summed E-state index contributed by atoms with van der Waals surface area (Å²) >= 11 is 0. The van der Waals surface area contributed by atoms with E-state index in [4.69, 9.17) is 9.78 Å². The lowest BCUT2D eigenvalue weighted by Gasteiger charge is -1.96. The second-order valence-electron chi connectivity index (χ2n) is 4.26. The highest BCUT2D eigenvalue weighted by molar-refractivity contribution is 5.49. The topological polar surface area (TPSA) is 98.7 Å². The van der Waals surface area contributed by atoms with Gasteiger partial charge in [0, 0.05) is 6.42 Å². The Kier molecular flexibility index (Phi) is 2.94. The Bertz CT molecular complexity index is 765. The van der Waals surface area contributed by atoms with Crippen molar-refractivity contribution in [3.05, 3.63) is 53.5 Å². The second kappa shape index (κ2) is 4.90. The lowest BCUT2D eigenvalue weighted by atomic mass is 10.1. The molecule has 0 bridgehead atoms. The summed E-state index contributed by atoms with van der Waals surface area (Å²) in [5.74, 6) is 1.11. The van der Waals surface area contributed by atoms with Gasteiger partial charge in [0.1, 0.15) is 23.2 Å². The van der Waals surface area contributed by atoms with Gasteiger partial charge in [-0.1, -0.05) is 17.3 Å². The highest BCUT2D eigenvalue weighted by atomic mass is 16.5. The van der Waals surface area contributed by atoms with Crippen molar-refractivity contribution >= 4 is 0 Å². The largest absolute Gasteiger partial charge is 0.508 e. The van der Waals surface area contributed by atoms with Gasteiger partial charge in [-0.2, -0.15) is 10.2 Å². The molecule has 0 aliphatic rings. The second-order valence-corrected chi connectivity index (χ2v) is 4.26. The number of nitrogens with zero attached hydrogens (tertiary/aromatic N) is 3. The van der Waals surface area contributed by atoms with Crippen LogP contribution in [-0.4, -0.2) is 20.2 Å². The number of hydrogen-bond acceptors (Lipinski definition) is 5. The van der Waals surface area contributed by atoms with E-state index in [9.17, 15) is 5.11 Å². The minimum absolute atomic E-state index is 0.220. The first-order valence-corrected chi connectivity index (χ1v) is 5.94. The SMILES string of the molecule is N#Cc1ccc(-c2nc(Cc3ccc(O)cc3)no2)[nH]1. The van der Waals surface area contributed by atoms with Crippen LogP contribution in [0.15, 0.2) is 40.9 Å². The van der Waals surface area contributed by atoms with Crippen LogP contribution in [0.1, 0.15) is 17.1 Å². The normalized spacial score (nSPS) is 10.3. The maximum atomic E-state index is 9.22. The molecule has 2 heterocycles. The zero-order chi connectivity index (χ0) is 13.9. The Hall–Kier alpha value is -3.07. The molecular formula is C14H10N4O2. The Labute approximate surface area is 114 Å². The highest BCUT2D eigenvalue weighted by Crippen LogP contribution is 2.18. The van der Waals surface area contributed by atoms with Crippen LogP contribution in [0.2, 0.25) is 0 Å². The van der Waals surface area contributed by atoms with E-state index in [2.05, 4.69) is 15.1 Å². The van der Waals surface area contributed by atoms with Crippen LogP contribution in [0.3, 0.4) is 0 Å². The smallest absolute Gasteiger partial charge is 0.274 e. The summed E-state index contributed by atoms with van der Waals surface area (Å²) in [6.07, 6.45) is 0.510. The summed E-state index contributed by atoms with van der Waals surface area (Å²) in [5.41, 5.74) is 2.03. The van der Waals surface area contributed by atoms with Crippen molar-refractivity contribution in [2.75, 3.05) is 0 Å². The molecule has 3 aromatic rings. The Morgan fingerprint density at radius 3 is 2.70 bits per heavy atom. The number of aromatic amines is 1. The minimum Gasteiger partial charge on any atom is -0.508 e. The average molecular weight is 266 g/mol. The van der Waals surface area contributed by atoms with Crippen LogP contribution in [0.25, 0.3) is 11.6 Å². The first kappa shape index (κ1) is 12.0. The Morgan fingerprint density at radius 1 is 1.20 bits per heavy atom. The van der Waals surface area contributed by atoms with Gasteiger partial charge in [-0.05, 0) is 29.8 Å². The van der Waals surface area contributed by atoms with Gasteiger partial charge in [0.15, 0.2) is 5.82 Å². The Morgan fingerprint density at radius 2 is 2.00 bits per heavy atom. The summed E-state index contributed by atoms with van der Waals surface area (Å²) in [5, 5.41) is 21.9. The number of rotatable bonds is 3. The van der Waals surface area contributed by atoms with Crippen LogP contribution >= 0.6 is 0 Å². The lowest BCUT2D eigenvalue weighted by Crippen LogP contribution is -1.90. The molecule has 0 radical (unpaired) electrons. The van der Waals surface area contributed by atoms with Gasteiger partial charge < -0.3 is 14.6 Å². The average Bonchev–Trinajstić information content (AvgIpc) is 3.10. The number of nitrogens with one attached hydrogen (secondary N) is 1. The van der Waals surface area contributed by atoms with Gasteiger partial charge in [-0.3, -0.25) is 0 Å². The number of aromatic hydroxyl groups is 1. The summed E-state index contributed by atoms with van der Waals surface area (Å²) in [6.45, 7) is 0. The van der Waals surface area contributed by atoms with Crippen molar-refractivity contribution in [3.8, 4) is 23.4 Å². The predicted molar refractivity (Wildman–Crippen MR) is 69.7 cm³/mol. The van der Waals surface area contributed by atoms with Gasteiger partial charge in [-0.25, -0.2) is 0 Å². The minimum atomic E-state index is 0.220. The molecule has 0 aliphatic carbocycles. The number of phenols is 1. The molecular weight excluding hydrogens is 256 g/mol. The van der Waals surface area contributed by atoms with Crippen molar-refractivity contribution in [1.29, 1.82) is 5.26 Å². The third kappa shape index (κ3) is 2.37. The van der Waals surface area contributed by atoms with Crippen molar-refractivity contribution in [2.45, 2.75) is 6.42 Å². The molecule has 98 valence electrons. The Balaban J connectivity index is 1.80. The summed E-state index contributed by atoms with van der Waals surface area (Å²) in [4.78, 5) is 7.14. The number of hydrogen-bond donors (Lipinski definition) is 2. The molecule has 20 heavy (non-hydrogen) atoms. The van der Waals surface area contributed by atoms with Gasteiger partial charge in [-0.15, -0.1) is 0 Å². The molecule has 6 nitrogen and oxygen atoms in total. The van der Waals surface area contributed by atoms with Crippen molar-refractivity contribution in [3.63, 3.8) is 0 Å². The molecule has 0 atom stereocenters. The maximum absolute atomic E-state index is 9.22. The third-order valence-electron chi connectivity index (χ3n) is 2.80. The van der Waals surface area contributed by atoms with Crippen LogP contribution in [-0.2, 0) is 6.42 Å². The first-order valence-electron chi connectivity index (χ1n) is 5.94. The fourth-order valence-corrected chi connectivity index (χ4v) is 1.82.